The van der Waals surface area contributed by atoms with Crippen LogP contribution in [-0.4, -0.2) is 9.13 Å². The third kappa shape index (κ3) is 4.17. The lowest BCUT2D eigenvalue weighted by Gasteiger charge is -2.22. The summed E-state index contributed by atoms with van der Waals surface area (Å²) in [6, 6.07) is 67.1. The SMILES string of the molecule is c1ccc(-n2c3ccccc3c3cc(-c4ccc5c(c4)Sc4cc6c(c7cccc-5c47)c4ccccc4n6-c4ccc5ccccc5c4)ccc32)cc1. The van der Waals surface area contributed by atoms with Gasteiger partial charge in [-0.15, -0.1) is 0 Å². The van der Waals surface area contributed by atoms with Crippen molar-refractivity contribution in [1.82, 2.24) is 9.13 Å². The molecule has 0 aliphatic carbocycles. The summed E-state index contributed by atoms with van der Waals surface area (Å²) >= 11 is 1.91. The molecule has 0 spiro atoms. The minimum Gasteiger partial charge on any atom is -0.309 e. The lowest BCUT2D eigenvalue weighted by molar-refractivity contribution is 1.18. The van der Waals surface area contributed by atoms with Gasteiger partial charge in [-0.05, 0) is 99.1 Å². The molecule has 0 saturated heterocycles. The van der Waals surface area contributed by atoms with Crippen LogP contribution in [-0.2, 0) is 0 Å². The molecule has 2 aromatic heterocycles. The molecule has 53 heavy (non-hydrogen) atoms. The fourth-order valence-corrected chi connectivity index (χ4v) is 10.1. The van der Waals surface area contributed by atoms with E-state index in [1.165, 1.54) is 109 Å². The Morgan fingerprint density at radius 2 is 1.00 bits per heavy atom. The normalized spacial score (nSPS) is 12.5. The average Bonchev–Trinajstić information content (AvgIpc) is 3.73. The van der Waals surface area contributed by atoms with Crippen LogP contribution in [0.5, 0.6) is 0 Å². The van der Waals surface area contributed by atoms with Crippen molar-refractivity contribution >= 4 is 76.9 Å². The molecule has 11 aromatic rings. The number of para-hydroxylation sites is 3. The van der Waals surface area contributed by atoms with Gasteiger partial charge in [0.2, 0.25) is 0 Å². The van der Waals surface area contributed by atoms with E-state index in [4.69, 9.17) is 0 Å². The fourth-order valence-electron chi connectivity index (χ4n) is 8.94. The highest BCUT2D eigenvalue weighted by Gasteiger charge is 2.24. The first-order valence-electron chi connectivity index (χ1n) is 18.2. The molecule has 0 unspecified atom stereocenters. The first kappa shape index (κ1) is 29.1. The molecular weight excluding hydrogens is 661 g/mol. The van der Waals surface area contributed by atoms with Crippen molar-refractivity contribution in [1.29, 1.82) is 0 Å². The van der Waals surface area contributed by atoms with Gasteiger partial charge in [-0.25, -0.2) is 0 Å². The van der Waals surface area contributed by atoms with E-state index in [2.05, 4.69) is 191 Å². The molecule has 0 bridgehead atoms. The summed E-state index contributed by atoms with van der Waals surface area (Å²) in [7, 11) is 0. The van der Waals surface area contributed by atoms with Crippen LogP contribution in [0.4, 0.5) is 0 Å². The van der Waals surface area contributed by atoms with Gasteiger partial charge in [0, 0.05) is 48.1 Å². The Hall–Kier alpha value is -6.55. The Morgan fingerprint density at radius 1 is 0.321 bits per heavy atom. The molecule has 3 heteroatoms. The number of hydrogen-bond donors (Lipinski definition) is 0. The van der Waals surface area contributed by atoms with Gasteiger partial charge in [-0.2, -0.15) is 0 Å². The van der Waals surface area contributed by atoms with Crippen molar-refractivity contribution < 1.29 is 0 Å². The first-order valence-corrected chi connectivity index (χ1v) is 19.0. The summed E-state index contributed by atoms with van der Waals surface area (Å²) in [6.07, 6.45) is 0. The molecule has 12 rings (SSSR count). The fraction of sp³-hybridized carbons (Fsp3) is 0. The number of fused-ring (bicyclic) bond motifs is 10. The smallest absolute Gasteiger partial charge is 0.0558 e. The van der Waals surface area contributed by atoms with Crippen LogP contribution in [0.3, 0.4) is 0 Å². The van der Waals surface area contributed by atoms with Crippen LogP contribution < -0.4 is 0 Å². The summed E-state index contributed by atoms with van der Waals surface area (Å²) in [5, 5.41) is 10.3. The summed E-state index contributed by atoms with van der Waals surface area (Å²) in [4.78, 5) is 2.60. The van der Waals surface area contributed by atoms with Crippen LogP contribution in [0, 0.1) is 0 Å². The third-order valence-corrected chi connectivity index (χ3v) is 12.4. The zero-order chi connectivity index (χ0) is 34.6. The summed E-state index contributed by atoms with van der Waals surface area (Å²) in [5.41, 5.74) is 12.4. The van der Waals surface area contributed by atoms with Crippen LogP contribution in [0.15, 0.2) is 192 Å². The van der Waals surface area contributed by atoms with E-state index in [1.54, 1.807) is 0 Å². The molecule has 1 aliphatic rings. The Kier molecular flexibility index (Phi) is 6.02. The molecule has 246 valence electrons. The maximum Gasteiger partial charge on any atom is 0.0558 e. The molecule has 3 heterocycles. The molecule has 0 N–H and O–H groups in total. The average molecular weight is 691 g/mol. The van der Waals surface area contributed by atoms with Gasteiger partial charge in [0.15, 0.2) is 0 Å². The molecule has 9 aromatic carbocycles. The van der Waals surface area contributed by atoms with Gasteiger partial charge in [0.1, 0.15) is 0 Å². The van der Waals surface area contributed by atoms with Crippen LogP contribution in [0.1, 0.15) is 0 Å². The van der Waals surface area contributed by atoms with E-state index in [0.717, 1.165) is 0 Å². The second kappa shape index (κ2) is 11.0. The monoisotopic (exact) mass is 690 g/mol. The number of benzene rings is 9. The summed E-state index contributed by atoms with van der Waals surface area (Å²) < 4.78 is 4.85. The third-order valence-electron chi connectivity index (χ3n) is 11.3. The number of hydrogen-bond acceptors (Lipinski definition) is 1. The lowest BCUT2D eigenvalue weighted by Crippen LogP contribution is -1.97. The second-order valence-corrected chi connectivity index (χ2v) is 15.2. The molecule has 0 saturated carbocycles. The van der Waals surface area contributed by atoms with Gasteiger partial charge < -0.3 is 9.13 Å². The van der Waals surface area contributed by atoms with Crippen molar-refractivity contribution in [2.24, 2.45) is 0 Å². The molecule has 1 aliphatic heterocycles. The number of nitrogens with zero attached hydrogens (tertiary/aromatic N) is 2. The molecule has 2 nitrogen and oxygen atoms in total. The summed E-state index contributed by atoms with van der Waals surface area (Å²) in [6.45, 7) is 0. The van der Waals surface area contributed by atoms with E-state index in [-0.39, 0.29) is 0 Å². The van der Waals surface area contributed by atoms with Crippen molar-refractivity contribution in [3.63, 3.8) is 0 Å². The van der Waals surface area contributed by atoms with E-state index in [9.17, 15) is 0 Å². The van der Waals surface area contributed by atoms with E-state index in [1.807, 2.05) is 11.8 Å². The van der Waals surface area contributed by atoms with Gasteiger partial charge in [-0.3, -0.25) is 0 Å². The number of aromatic nitrogens is 2. The summed E-state index contributed by atoms with van der Waals surface area (Å²) in [5.74, 6) is 0. The minimum atomic E-state index is 1.18. The van der Waals surface area contributed by atoms with Crippen molar-refractivity contribution in [3.8, 4) is 33.6 Å². The topological polar surface area (TPSA) is 9.86 Å². The predicted molar refractivity (Wildman–Crippen MR) is 225 cm³/mol. The maximum atomic E-state index is 2.47. The van der Waals surface area contributed by atoms with Gasteiger partial charge in [0.25, 0.3) is 0 Å². The van der Waals surface area contributed by atoms with Crippen LogP contribution in [0.2, 0.25) is 0 Å². The predicted octanol–water partition coefficient (Wildman–Crippen LogP) is 14.0. The molecule has 0 amide bonds. The van der Waals surface area contributed by atoms with Crippen molar-refractivity contribution in [2.75, 3.05) is 0 Å². The quantitative estimate of drug-likeness (QED) is 0.179. The maximum absolute atomic E-state index is 2.47. The number of rotatable bonds is 3. The van der Waals surface area contributed by atoms with Gasteiger partial charge >= 0.3 is 0 Å². The zero-order valence-electron chi connectivity index (χ0n) is 28.6. The van der Waals surface area contributed by atoms with Crippen molar-refractivity contribution in [2.45, 2.75) is 9.79 Å². The van der Waals surface area contributed by atoms with Crippen molar-refractivity contribution in [3.05, 3.63) is 182 Å². The van der Waals surface area contributed by atoms with E-state index >= 15 is 0 Å². The Morgan fingerprint density at radius 3 is 1.89 bits per heavy atom. The van der Waals surface area contributed by atoms with Gasteiger partial charge in [-0.1, -0.05) is 133 Å². The highest BCUT2D eigenvalue weighted by Crippen LogP contribution is 2.52. The van der Waals surface area contributed by atoms with E-state index in [0.29, 0.717) is 0 Å². The molecular formula is C50H30N2S. The van der Waals surface area contributed by atoms with Crippen LogP contribution >= 0.6 is 11.8 Å². The Bertz CT molecular complexity index is 3310. The lowest BCUT2D eigenvalue weighted by atomic mass is 9.93. The van der Waals surface area contributed by atoms with E-state index < -0.39 is 0 Å². The standard InChI is InChI=1S/C50H30N2S/c1-2-13-35(14-3-1)51-43-19-8-6-15-37(43)42-28-33(23-26-45(42)51)34-22-25-38-39-17-10-18-41-49-40-16-7-9-20-44(40)52(36-24-21-31-11-4-5-12-32(31)27-36)46(49)30-48(50(39)41)53-47(38)29-34/h1-30H. The second-order valence-electron chi connectivity index (χ2n) is 14.1. The highest BCUT2D eigenvalue weighted by atomic mass is 32.2. The highest BCUT2D eigenvalue weighted by molar-refractivity contribution is 7.99. The zero-order valence-corrected chi connectivity index (χ0v) is 29.4. The Balaban J connectivity index is 1.05. The molecule has 0 atom stereocenters. The van der Waals surface area contributed by atoms with Crippen LogP contribution in [0.25, 0.3) is 98.8 Å². The first-order chi connectivity index (χ1) is 26.3. The minimum absolute atomic E-state index is 1.18. The molecule has 0 radical (unpaired) electrons. The van der Waals surface area contributed by atoms with Gasteiger partial charge in [0.05, 0.1) is 22.1 Å². The Labute approximate surface area is 310 Å². The molecule has 0 fully saturated rings. The largest absolute Gasteiger partial charge is 0.309 e.